The Morgan fingerprint density at radius 1 is 1.17 bits per heavy atom. The van der Waals surface area contributed by atoms with Gasteiger partial charge in [0.15, 0.2) is 0 Å². The zero-order valence-corrected chi connectivity index (χ0v) is 16.4. The standard InChI is InChI=1S/C22H24FN3O3/c1-13(2)24-22(29)26-18-11-25(21(28)14-7-3-5-9-16(14)23)17-10-6-4-8-15(17)20(18)19(26)12-27/h3-10,13,18-20,27H,11-12H2,1-2H3,(H,24,29)/t18-,19+,20+/m0/s1. The molecule has 29 heavy (non-hydrogen) atoms. The van der Waals surface area contributed by atoms with Crippen LogP contribution in [0.4, 0.5) is 14.9 Å². The van der Waals surface area contributed by atoms with Crippen molar-refractivity contribution in [2.45, 2.75) is 37.9 Å². The number of likely N-dealkylation sites (tertiary alicyclic amines) is 1. The fraction of sp³-hybridized carbons (Fsp3) is 0.364. The average Bonchev–Trinajstić information content (AvgIpc) is 2.67. The number of benzene rings is 2. The molecule has 3 atom stereocenters. The van der Waals surface area contributed by atoms with E-state index in [1.807, 2.05) is 38.1 Å². The molecule has 3 amide bonds. The van der Waals surface area contributed by atoms with E-state index in [9.17, 15) is 19.1 Å². The molecule has 0 aliphatic carbocycles. The van der Waals surface area contributed by atoms with E-state index in [0.717, 1.165) is 5.56 Å². The van der Waals surface area contributed by atoms with E-state index < -0.39 is 11.7 Å². The molecule has 0 aromatic heterocycles. The molecule has 152 valence electrons. The fourth-order valence-electron chi connectivity index (χ4n) is 4.46. The number of anilines is 1. The van der Waals surface area contributed by atoms with E-state index in [2.05, 4.69) is 5.32 Å². The molecule has 4 rings (SSSR count). The number of urea groups is 1. The van der Waals surface area contributed by atoms with Crippen LogP contribution in [-0.4, -0.2) is 53.2 Å². The van der Waals surface area contributed by atoms with Gasteiger partial charge in [0.1, 0.15) is 5.82 Å². The lowest BCUT2D eigenvalue weighted by molar-refractivity contribution is -0.00817. The highest BCUT2D eigenvalue weighted by molar-refractivity contribution is 6.07. The Bertz CT molecular complexity index is 948. The van der Waals surface area contributed by atoms with Gasteiger partial charge in [-0.25, -0.2) is 9.18 Å². The largest absolute Gasteiger partial charge is 0.394 e. The summed E-state index contributed by atoms with van der Waals surface area (Å²) in [4.78, 5) is 29.0. The van der Waals surface area contributed by atoms with Gasteiger partial charge in [0.05, 0.1) is 24.3 Å². The van der Waals surface area contributed by atoms with Gasteiger partial charge >= 0.3 is 6.03 Å². The second kappa shape index (κ2) is 7.48. The number of fused-ring (bicyclic) bond motifs is 3. The lowest BCUT2D eigenvalue weighted by Gasteiger charge is -2.58. The molecular weight excluding hydrogens is 373 g/mol. The van der Waals surface area contributed by atoms with Gasteiger partial charge in [-0.05, 0) is 37.6 Å². The minimum absolute atomic E-state index is 0.00281. The molecule has 0 spiro atoms. The molecule has 0 bridgehead atoms. The molecular formula is C22H24FN3O3. The normalized spacial score (nSPS) is 22.6. The molecule has 7 heteroatoms. The first kappa shape index (κ1) is 19.4. The van der Waals surface area contributed by atoms with E-state index in [4.69, 9.17) is 0 Å². The summed E-state index contributed by atoms with van der Waals surface area (Å²) >= 11 is 0. The number of rotatable bonds is 3. The van der Waals surface area contributed by atoms with E-state index in [-0.39, 0.29) is 48.8 Å². The zero-order valence-electron chi connectivity index (χ0n) is 16.4. The van der Waals surface area contributed by atoms with Gasteiger partial charge in [0, 0.05) is 24.2 Å². The van der Waals surface area contributed by atoms with E-state index in [0.29, 0.717) is 5.69 Å². The quantitative estimate of drug-likeness (QED) is 0.837. The van der Waals surface area contributed by atoms with Gasteiger partial charge in [-0.15, -0.1) is 0 Å². The summed E-state index contributed by atoms with van der Waals surface area (Å²) in [6, 6.07) is 12.4. The van der Waals surface area contributed by atoms with Crippen LogP contribution in [0.25, 0.3) is 0 Å². The van der Waals surface area contributed by atoms with Crippen LogP contribution in [0.1, 0.15) is 35.7 Å². The maximum atomic E-state index is 14.3. The van der Waals surface area contributed by atoms with Gasteiger partial charge < -0.3 is 20.2 Å². The molecule has 2 N–H and O–H groups in total. The van der Waals surface area contributed by atoms with Crippen LogP contribution in [0.15, 0.2) is 48.5 Å². The van der Waals surface area contributed by atoms with E-state index in [1.165, 1.54) is 17.0 Å². The Labute approximate surface area is 168 Å². The summed E-state index contributed by atoms with van der Waals surface area (Å²) in [5.74, 6) is -1.09. The molecule has 2 aliphatic heterocycles. The third-order valence-corrected chi connectivity index (χ3v) is 5.68. The van der Waals surface area contributed by atoms with Crippen LogP contribution in [0.2, 0.25) is 0 Å². The van der Waals surface area contributed by atoms with E-state index in [1.54, 1.807) is 17.0 Å². The molecule has 0 radical (unpaired) electrons. The van der Waals surface area contributed by atoms with Crippen molar-refractivity contribution in [2.24, 2.45) is 0 Å². The van der Waals surface area contributed by atoms with Crippen molar-refractivity contribution in [3.05, 3.63) is 65.5 Å². The molecule has 1 fully saturated rings. The third-order valence-electron chi connectivity index (χ3n) is 5.68. The molecule has 2 aromatic rings. The number of amides is 3. The Morgan fingerprint density at radius 3 is 2.55 bits per heavy atom. The zero-order chi connectivity index (χ0) is 20.7. The topological polar surface area (TPSA) is 72.9 Å². The van der Waals surface area contributed by atoms with Crippen molar-refractivity contribution in [3.63, 3.8) is 0 Å². The Kier molecular flexibility index (Phi) is 5.00. The van der Waals surface area contributed by atoms with Crippen LogP contribution < -0.4 is 10.2 Å². The van der Waals surface area contributed by atoms with Crippen molar-refractivity contribution >= 4 is 17.6 Å². The Balaban J connectivity index is 1.72. The molecule has 0 unspecified atom stereocenters. The summed E-state index contributed by atoms with van der Waals surface area (Å²) in [6.07, 6.45) is 0. The van der Waals surface area contributed by atoms with Crippen molar-refractivity contribution in [1.82, 2.24) is 10.2 Å². The number of carbonyl (C=O) groups is 2. The summed E-state index contributed by atoms with van der Waals surface area (Å²) in [5, 5.41) is 12.8. The summed E-state index contributed by atoms with van der Waals surface area (Å²) in [6.45, 7) is 3.82. The van der Waals surface area contributed by atoms with Crippen molar-refractivity contribution in [3.8, 4) is 0 Å². The maximum Gasteiger partial charge on any atom is 0.318 e. The van der Waals surface area contributed by atoms with Gasteiger partial charge in [0.2, 0.25) is 0 Å². The van der Waals surface area contributed by atoms with Gasteiger partial charge in [-0.1, -0.05) is 30.3 Å². The Morgan fingerprint density at radius 2 is 1.86 bits per heavy atom. The van der Waals surface area contributed by atoms with E-state index >= 15 is 0 Å². The van der Waals surface area contributed by atoms with Crippen molar-refractivity contribution < 1.29 is 19.1 Å². The van der Waals surface area contributed by atoms with Crippen LogP contribution >= 0.6 is 0 Å². The van der Waals surface area contributed by atoms with Crippen molar-refractivity contribution in [1.29, 1.82) is 0 Å². The van der Waals surface area contributed by atoms with Gasteiger partial charge in [-0.2, -0.15) is 0 Å². The number of hydrogen-bond donors (Lipinski definition) is 2. The fourth-order valence-corrected chi connectivity index (χ4v) is 4.46. The average molecular weight is 397 g/mol. The molecule has 2 aliphatic rings. The lowest BCUT2D eigenvalue weighted by atomic mass is 9.72. The van der Waals surface area contributed by atoms with Gasteiger partial charge in [0.25, 0.3) is 5.91 Å². The predicted molar refractivity (Wildman–Crippen MR) is 107 cm³/mol. The van der Waals surface area contributed by atoms with Crippen molar-refractivity contribution in [2.75, 3.05) is 18.1 Å². The molecule has 2 heterocycles. The Hall–Kier alpha value is -2.93. The summed E-state index contributed by atoms with van der Waals surface area (Å²) in [7, 11) is 0. The number of nitrogens with zero attached hydrogens (tertiary/aromatic N) is 2. The lowest BCUT2D eigenvalue weighted by Crippen LogP contribution is -2.72. The van der Waals surface area contributed by atoms with Crippen LogP contribution in [0.3, 0.4) is 0 Å². The minimum atomic E-state index is -0.576. The predicted octanol–water partition coefficient (Wildman–Crippen LogP) is 2.73. The summed E-state index contributed by atoms with van der Waals surface area (Å²) in [5.41, 5.74) is 1.59. The number of para-hydroxylation sites is 1. The monoisotopic (exact) mass is 397 g/mol. The first-order valence-corrected chi connectivity index (χ1v) is 9.79. The second-order valence-electron chi connectivity index (χ2n) is 7.81. The number of carbonyl (C=O) groups excluding carboxylic acids is 2. The summed E-state index contributed by atoms with van der Waals surface area (Å²) < 4.78 is 14.3. The number of aliphatic hydroxyl groups excluding tert-OH is 1. The number of halogens is 1. The second-order valence-corrected chi connectivity index (χ2v) is 7.81. The highest BCUT2D eigenvalue weighted by Gasteiger charge is 2.55. The smallest absolute Gasteiger partial charge is 0.318 e. The first-order valence-electron chi connectivity index (χ1n) is 9.79. The molecule has 0 saturated carbocycles. The van der Waals surface area contributed by atoms with Crippen LogP contribution in [-0.2, 0) is 0 Å². The highest BCUT2D eigenvalue weighted by Crippen LogP contribution is 2.48. The third kappa shape index (κ3) is 3.15. The SMILES string of the molecule is CC(C)NC(=O)N1[C@H](CO)[C@@H]2c3ccccc3N(C(=O)c3ccccc3F)C[C@@H]21. The first-order chi connectivity index (χ1) is 13.9. The van der Waals surface area contributed by atoms with Crippen LogP contribution in [0, 0.1) is 5.82 Å². The highest BCUT2D eigenvalue weighted by atomic mass is 19.1. The number of aliphatic hydroxyl groups is 1. The minimum Gasteiger partial charge on any atom is -0.394 e. The molecule has 1 saturated heterocycles. The molecule has 6 nitrogen and oxygen atoms in total. The number of hydrogen-bond acceptors (Lipinski definition) is 3. The van der Waals surface area contributed by atoms with Crippen LogP contribution in [0.5, 0.6) is 0 Å². The maximum absolute atomic E-state index is 14.3. The number of nitrogens with one attached hydrogen (secondary N) is 1. The molecule has 2 aromatic carbocycles. The van der Waals surface area contributed by atoms with Gasteiger partial charge in [-0.3, -0.25) is 4.79 Å².